The molecular weight excluding hydrogens is 406 g/mol. The summed E-state index contributed by atoms with van der Waals surface area (Å²) in [6.07, 6.45) is 4.03. The van der Waals surface area contributed by atoms with E-state index in [0.717, 1.165) is 17.2 Å². The van der Waals surface area contributed by atoms with Crippen LogP contribution in [-0.4, -0.2) is 32.6 Å². The third-order valence-corrected chi connectivity index (χ3v) is 6.10. The fourth-order valence-electron chi connectivity index (χ4n) is 2.37. The van der Waals surface area contributed by atoms with Gasteiger partial charge >= 0.3 is 0 Å². The van der Waals surface area contributed by atoms with Crippen molar-refractivity contribution in [3.05, 3.63) is 29.8 Å². The van der Waals surface area contributed by atoms with Gasteiger partial charge in [-0.15, -0.1) is 0 Å². The maximum absolute atomic E-state index is 9.62. The molecule has 20 heavy (non-hydrogen) atoms. The van der Waals surface area contributed by atoms with Gasteiger partial charge in [-0.1, -0.05) is 33.2 Å². The highest BCUT2D eigenvalue weighted by molar-refractivity contribution is 9.09. The molecule has 3 N–H and O–H groups in total. The smallest absolute Gasteiger partial charge is 0.283 e. The van der Waals surface area contributed by atoms with E-state index >= 15 is 0 Å². The minimum Gasteiger partial charge on any atom is -1.00 e. The zero-order chi connectivity index (χ0) is 13.2. The van der Waals surface area contributed by atoms with Crippen molar-refractivity contribution < 1.29 is 27.5 Å². The van der Waals surface area contributed by atoms with Gasteiger partial charge in [-0.25, -0.2) is 4.99 Å². The lowest BCUT2D eigenvalue weighted by atomic mass is 10.2. The Labute approximate surface area is 141 Å². The van der Waals surface area contributed by atoms with Crippen LogP contribution in [-0.2, 0) is 0 Å². The number of halogens is 2. The Morgan fingerprint density at radius 2 is 2.20 bits per heavy atom. The highest BCUT2D eigenvalue weighted by atomic mass is 79.9. The van der Waals surface area contributed by atoms with Gasteiger partial charge in [0, 0.05) is 10.4 Å². The van der Waals surface area contributed by atoms with Crippen LogP contribution in [0.5, 0.6) is 5.75 Å². The molecule has 4 nitrogen and oxygen atoms in total. The van der Waals surface area contributed by atoms with Crippen molar-refractivity contribution in [2.45, 2.75) is 29.0 Å². The Morgan fingerprint density at radius 3 is 2.95 bits per heavy atom. The summed E-state index contributed by atoms with van der Waals surface area (Å²) in [5, 5.41) is 15.4. The number of para-hydroxylation sites is 1. The quantitative estimate of drug-likeness (QED) is 0.270. The Balaban J connectivity index is 0.00000147. The highest BCUT2D eigenvalue weighted by Crippen LogP contribution is 2.40. The van der Waals surface area contributed by atoms with Crippen LogP contribution in [0.3, 0.4) is 0 Å². The molecule has 0 radical (unpaired) electrons. The largest absolute Gasteiger partial charge is 1.00 e. The summed E-state index contributed by atoms with van der Waals surface area (Å²) in [5.74, 6) is 0.248. The van der Waals surface area contributed by atoms with E-state index < -0.39 is 0 Å². The van der Waals surface area contributed by atoms with E-state index in [1.807, 2.05) is 12.1 Å². The average Bonchev–Trinajstić information content (AvgIpc) is 2.95. The maximum Gasteiger partial charge on any atom is 0.283 e. The summed E-state index contributed by atoms with van der Waals surface area (Å²) >= 11 is 5.51. The molecule has 1 heterocycles. The van der Waals surface area contributed by atoms with Gasteiger partial charge in [0.1, 0.15) is 5.75 Å². The number of alkyl halides is 1. The van der Waals surface area contributed by atoms with Crippen LogP contribution in [0.1, 0.15) is 18.4 Å². The van der Waals surface area contributed by atoms with E-state index in [4.69, 9.17) is 0 Å². The third kappa shape index (κ3) is 3.44. The lowest BCUT2D eigenvalue weighted by Crippen LogP contribution is -3.00. The number of nitrogens with two attached hydrogens (primary N) is 1. The van der Waals surface area contributed by atoms with Crippen LogP contribution in [0, 0.1) is 0 Å². The molecule has 1 aromatic carbocycles. The van der Waals surface area contributed by atoms with E-state index in [1.54, 1.807) is 35.5 Å². The first kappa shape index (κ1) is 16.0. The van der Waals surface area contributed by atoms with Crippen molar-refractivity contribution >= 4 is 39.1 Å². The number of nitrogens with zero attached hydrogens (tertiary/aromatic N) is 2. The fraction of sp³-hybridized carbons (Fsp3) is 0.385. The van der Waals surface area contributed by atoms with Crippen molar-refractivity contribution in [2.75, 3.05) is 0 Å². The monoisotopic (exact) mass is 419 g/mol. The Hall–Kier alpha value is -0.370. The summed E-state index contributed by atoms with van der Waals surface area (Å²) in [7, 11) is 0. The molecule has 1 aromatic rings. The Kier molecular flexibility index (Phi) is 5.65. The first-order valence-electron chi connectivity index (χ1n) is 6.27. The molecule has 3 rings (SSSR count). The standard InChI is InChI=1S/C13H14BrN3OS.BrH/c14-9-5-6-10-12(9)19-13(16-10)17-15-7-8-3-1-2-4-11(8)18;/h1-4,7,9-10,12,18H,5-6H2,(H,16,17);1H. The molecule has 1 saturated carbocycles. The lowest BCUT2D eigenvalue weighted by molar-refractivity contribution is -0.539. The summed E-state index contributed by atoms with van der Waals surface area (Å²) < 4.78 is 0. The average molecular weight is 421 g/mol. The van der Waals surface area contributed by atoms with Gasteiger partial charge in [0.15, 0.2) is 0 Å². The zero-order valence-corrected chi connectivity index (χ0v) is 14.6. The summed E-state index contributed by atoms with van der Waals surface area (Å²) in [5.41, 5.74) is 2.51. The van der Waals surface area contributed by atoms with Crippen LogP contribution < -0.4 is 22.4 Å². The van der Waals surface area contributed by atoms with Crippen LogP contribution in [0.4, 0.5) is 0 Å². The Bertz CT molecular complexity index is 538. The Morgan fingerprint density at radius 1 is 1.40 bits per heavy atom. The number of phenolic OH excluding ortho intramolecular Hbond substituents is 1. The number of thioether (sulfide) groups is 1. The first-order valence-corrected chi connectivity index (χ1v) is 8.06. The number of hydrogen-bond donors (Lipinski definition) is 2. The number of amidine groups is 1. The number of phenols is 1. The number of fused-ring (bicyclic) bond motifs is 1. The molecule has 1 aliphatic heterocycles. The molecule has 1 aliphatic carbocycles. The second-order valence-electron chi connectivity index (χ2n) is 4.68. The normalized spacial score (nSPS) is 28.2. The van der Waals surface area contributed by atoms with Gasteiger partial charge in [0.2, 0.25) is 0 Å². The number of aromatic hydroxyl groups is 1. The van der Waals surface area contributed by atoms with Crippen LogP contribution >= 0.6 is 27.7 Å². The predicted octanol–water partition coefficient (Wildman–Crippen LogP) is -1.31. The van der Waals surface area contributed by atoms with E-state index in [2.05, 4.69) is 26.0 Å². The number of rotatable bonds is 2. The van der Waals surface area contributed by atoms with Gasteiger partial charge in [-0.2, -0.15) is 5.43 Å². The van der Waals surface area contributed by atoms with Gasteiger partial charge in [0.25, 0.3) is 5.17 Å². The van der Waals surface area contributed by atoms with Crippen LogP contribution in [0.15, 0.2) is 34.4 Å². The van der Waals surface area contributed by atoms with Crippen molar-refractivity contribution in [3.8, 4) is 5.75 Å². The van der Waals surface area contributed by atoms with Gasteiger partial charge in [-0.05, 0) is 36.7 Å². The molecule has 0 bridgehead atoms. The van der Waals surface area contributed by atoms with E-state index in [1.165, 1.54) is 6.42 Å². The number of hydrogen-bond acceptors (Lipinski definition) is 4. The zero-order valence-electron chi connectivity index (χ0n) is 10.6. The maximum atomic E-state index is 9.62. The number of benzene rings is 1. The molecule has 108 valence electrons. The topological polar surface area (TPSA) is 61.6 Å². The van der Waals surface area contributed by atoms with Crippen molar-refractivity contribution in [1.29, 1.82) is 0 Å². The van der Waals surface area contributed by atoms with Gasteiger partial charge < -0.3 is 22.1 Å². The molecule has 3 atom stereocenters. The van der Waals surface area contributed by atoms with Gasteiger partial charge in [0.05, 0.1) is 17.5 Å². The molecule has 3 unspecified atom stereocenters. The number of aliphatic imine (C=N–C) groups is 1. The molecule has 2 aliphatic rings. The van der Waals surface area contributed by atoms with Crippen LogP contribution in [0.2, 0.25) is 0 Å². The summed E-state index contributed by atoms with van der Waals surface area (Å²) in [4.78, 5) is 5.24. The minimum atomic E-state index is 0. The predicted molar refractivity (Wildman–Crippen MR) is 82.2 cm³/mol. The van der Waals surface area contributed by atoms with E-state index in [9.17, 15) is 5.11 Å². The van der Waals surface area contributed by atoms with Crippen LogP contribution in [0.25, 0.3) is 0 Å². The molecule has 0 amide bonds. The molecule has 0 spiro atoms. The van der Waals surface area contributed by atoms with Crippen molar-refractivity contribution in [2.24, 2.45) is 10.1 Å². The molecule has 0 aromatic heterocycles. The number of quaternary nitrogens is 1. The van der Waals surface area contributed by atoms with E-state index in [-0.39, 0.29) is 22.7 Å². The summed E-state index contributed by atoms with van der Waals surface area (Å²) in [6, 6.07) is 7.61. The van der Waals surface area contributed by atoms with Crippen molar-refractivity contribution in [1.82, 2.24) is 0 Å². The van der Waals surface area contributed by atoms with Gasteiger partial charge in [-0.3, -0.25) is 0 Å². The lowest BCUT2D eigenvalue weighted by Gasteiger charge is -2.07. The second-order valence-corrected chi connectivity index (χ2v) is 7.05. The minimum absolute atomic E-state index is 0. The van der Waals surface area contributed by atoms with E-state index in [0.29, 0.717) is 16.1 Å². The second kappa shape index (κ2) is 7.06. The molecular formula is C13H15Br2N3OS. The SMILES string of the molecule is Oc1ccccc1C=N[NH2+]C1=NC2CCC(Br)C2S1.[Br-]. The molecule has 1 fully saturated rings. The first-order chi connectivity index (χ1) is 9.24. The fourth-order valence-corrected chi connectivity index (χ4v) is 4.54. The third-order valence-electron chi connectivity index (χ3n) is 3.36. The molecule has 0 saturated heterocycles. The summed E-state index contributed by atoms with van der Waals surface area (Å²) in [6.45, 7) is 0. The van der Waals surface area contributed by atoms with Crippen molar-refractivity contribution in [3.63, 3.8) is 0 Å². The molecule has 7 heteroatoms. The highest BCUT2D eigenvalue weighted by Gasteiger charge is 2.42.